The largest absolute Gasteiger partial charge is 0.357 e. The number of rotatable bonds is 7. The zero-order valence-electron chi connectivity index (χ0n) is 14.3. The molecule has 0 aromatic heterocycles. The molecule has 0 amide bonds. The molecule has 1 atom stereocenters. The number of benzene rings is 1. The third-order valence-electron chi connectivity index (χ3n) is 4.06. The van der Waals surface area contributed by atoms with Gasteiger partial charge in [0.2, 0.25) is 0 Å². The summed E-state index contributed by atoms with van der Waals surface area (Å²) in [5.74, 6) is 3.05. The first-order valence-electron chi connectivity index (χ1n) is 8.39. The van der Waals surface area contributed by atoms with Gasteiger partial charge in [-0.05, 0) is 49.7 Å². The summed E-state index contributed by atoms with van der Waals surface area (Å²) in [6.07, 6.45) is 5.77. The number of likely N-dealkylation sites (tertiary alicyclic amines) is 1. The van der Waals surface area contributed by atoms with E-state index in [0.717, 1.165) is 44.5 Å². The Morgan fingerprint density at radius 2 is 2.13 bits per heavy atom. The molecular formula is C18H30IN3S. The fraction of sp³-hybridized carbons (Fsp3) is 0.611. The van der Waals surface area contributed by atoms with Gasteiger partial charge in [-0.15, -0.1) is 24.0 Å². The lowest BCUT2D eigenvalue weighted by Gasteiger charge is -2.21. The Morgan fingerprint density at radius 3 is 2.83 bits per heavy atom. The predicted molar refractivity (Wildman–Crippen MR) is 114 cm³/mol. The summed E-state index contributed by atoms with van der Waals surface area (Å²) in [6.45, 7) is 6.29. The molecule has 1 fully saturated rings. The molecule has 23 heavy (non-hydrogen) atoms. The number of nitrogens with one attached hydrogen (secondary N) is 1. The number of hydrogen-bond acceptors (Lipinski definition) is 2. The van der Waals surface area contributed by atoms with Crippen molar-refractivity contribution in [3.8, 4) is 0 Å². The summed E-state index contributed by atoms with van der Waals surface area (Å²) in [5, 5.41) is 3.46. The molecule has 0 saturated carbocycles. The monoisotopic (exact) mass is 447 g/mol. The number of hydrogen-bond donors (Lipinski definition) is 1. The van der Waals surface area contributed by atoms with Crippen LogP contribution >= 0.6 is 35.7 Å². The second-order valence-electron chi connectivity index (χ2n) is 5.87. The summed E-state index contributed by atoms with van der Waals surface area (Å²) < 4.78 is 0. The highest BCUT2D eigenvalue weighted by molar-refractivity contribution is 14.0. The minimum atomic E-state index is 0. The molecule has 1 heterocycles. The van der Waals surface area contributed by atoms with Gasteiger partial charge in [0.25, 0.3) is 0 Å². The van der Waals surface area contributed by atoms with Crippen LogP contribution in [0.2, 0.25) is 0 Å². The van der Waals surface area contributed by atoms with E-state index in [9.17, 15) is 0 Å². The first kappa shape index (κ1) is 20.6. The van der Waals surface area contributed by atoms with Gasteiger partial charge in [-0.2, -0.15) is 11.8 Å². The molecule has 1 aliphatic rings. The van der Waals surface area contributed by atoms with Gasteiger partial charge in [-0.25, -0.2) is 0 Å². The summed E-state index contributed by atoms with van der Waals surface area (Å²) in [4.78, 5) is 7.23. The quantitative estimate of drug-likeness (QED) is 0.298. The van der Waals surface area contributed by atoms with Gasteiger partial charge in [0.05, 0.1) is 0 Å². The number of nitrogens with zero attached hydrogens (tertiary/aromatic N) is 2. The third kappa shape index (κ3) is 7.33. The topological polar surface area (TPSA) is 27.6 Å². The van der Waals surface area contributed by atoms with Crippen LogP contribution in [-0.2, 0) is 6.42 Å². The van der Waals surface area contributed by atoms with E-state index in [1.807, 2.05) is 11.8 Å². The van der Waals surface area contributed by atoms with E-state index in [1.54, 1.807) is 0 Å². The van der Waals surface area contributed by atoms with Crippen LogP contribution in [-0.4, -0.2) is 49.0 Å². The summed E-state index contributed by atoms with van der Waals surface area (Å²) in [6, 6.07) is 10.8. The Labute approximate surface area is 162 Å². The molecule has 0 radical (unpaired) electrons. The second kappa shape index (κ2) is 12.0. The van der Waals surface area contributed by atoms with E-state index in [1.165, 1.54) is 24.2 Å². The average Bonchev–Trinajstić information content (AvgIpc) is 3.00. The predicted octanol–water partition coefficient (Wildman–Crippen LogP) is 3.89. The van der Waals surface area contributed by atoms with Crippen molar-refractivity contribution in [1.29, 1.82) is 0 Å². The number of thioether (sulfide) groups is 1. The lowest BCUT2D eigenvalue weighted by molar-refractivity contribution is 0.460. The molecule has 2 rings (SSSR count). The van der Waals surface area contributed by atoms with E-state index in [2.05, 4.69) is 53.7 Å². The van der Waals surface area contributed by atoms with Crippen molar-refractivity contribution < 1.29 is 0 Å². The molecular weight excluding hydrogens is 417 g/mol. The Bertz CT molecular complexity index is 453. The van der Waals surface area contributed by atoms with Crippen molar-refractivity contribution in [2.75, 3.05) is 38.2 Å². The van der Waals surface area contributed by atoms with E-state index in [4.69, 9.17) is 4.99 Å². The minimum absolute atomic E-state index is 0. The highest BCUT2D eigenvalue weighted by Crippen LogP contribution is 2.20. The van der Waals surface area contributed by atoms with Gasteiger partial charge >= 0.3 is 0 Å². The molecule has 1 aliphatic heterocycles. The van der Waals surface area contributed by atoms with Crippen LogP contribution in [0.15, 0.2) is 35.3 Å². The fourth-order valence-electron chi connectivity index (χ4n) is 2.96. The zero-order chi connectivity index (χ0) is 15.6. The number of halogens is 1. The first-order valence-corrected chi connectivity index (χ1v) is 9.79. The molecule has 1 aromatic carbocycles. The molecule has 1 aromatic rings. The van der Waals surface area contributed by atoms with Crippen molar-refractivity contribution >= 4 is 41.7 Å². The van der Waals surface area contributed by atoms with Crippen LogP contribution in [0.4, 0.5) is 0 Å². The average molecular weight is 447 g/mol. The maximum Gasteiger partial charge on any atom is 0.193 e. The molecule has 1 unspecified atom stereocenters. The molecule has 0 bridgehead atoms. The maximum absolute atomic E-state index is 4.79. The smallest absolute Gasteiger partial charge is 0.193 e. The van der Waals surface area contributed by atoms with Crippen LogP contribution in [0.25, 0.3) is 0 Å². The SMILES string of the molecule is CCNC(=NCCCSC)N1CCC(Cc2ccccc2)C1.I. The first-order chi connectivity index (χ1) is 10.8. The van der Waals surface area contributed by atoms with Gasteiger partial charge < -0.3 is 10.2 Å². The highest BCUT2D eigenvalue weighted by Gasteiger charge is 2.24. The summed E-state index contributed by atoms with van der Waals surface area (Å²) in [5.41, 5.74) is 1.45. The van der Waals surface area contributed by atoms with Gasteiger partial charge in [-0.3, -0.25) is 4.99 Å². The Hall–Kier alpha value is -0.430. The standard InChI is InChI=1S/C18H29N3S.HI/c1-3-19-18(20-11-7-13-22-2)21-12-10-17(15-21)14-16-8-5-4-6-9-16;/h4-6,8-9,17H,3,7,10-15H2,1-2H3,(H,19,20);1H. The van der Waals surface area contributed by atoms with Crippen molar-refractivity contribution in [2.24, 2.45) is 10.9 Å². The minimum Gasteiger partial charge on any atom is -0.357 e. The van der Waals surface area contributed by atoms with Crippen molar-refractivity contribution in [2.45, 2.75) is 26.2 Å². The molecule has 5 heteroatoms. The third-order valence-corrected chi connectivity index (χ3v) is 4.75. The normalized spacial score (nSPS) is 17.9. The van der Waals surface area contributed by atoms with Crippen LogP contribution in [0.3, 0.4) is 0 Å². The van der Waals surface area contributed by atoms with E-state index < -0.39 is 0 Å². The van der Waals surface area contributed by atoms with Crippen molar-refractivity contribution in [3.63, 3.8) is 0 Å². The molecule has 1 saturated heterocycles. The van der Waals surface area contributed by atoms with Gasteiger partial charge in [0, 0.05) is 26.2 Å². The van der Waals surface area contributed by atoms with Crippen LogP contribution < -0.4 is 5.32 Å². The van der Waals surface area contributed by atoms with Crippen LogP contribution in [0.1, 0.15) is 25.3 Å². The molecule has 130 valence electrons. The van der Waals surface area contributed by atoms with E-state index in [-0.39, 0.29) is 24.0 Å². The molecule has 0 aliphatic carbocycles. The van der Waals surface area contributed by atoms with Crippen LogP contribution in [0, 0.1) is 5.92 Å². The Kier molecular flexibility index (Phi) is 10.8. The van der Waals surface area contributed by atoms with Gasteiger partial charge in [0.1, 0.15) is 0 Å². The highest BCUT2D eigenvalue weighted by atomic mass is 127. The number of guanidine groups is 1. The summed E-state index contributed by atoms with van der Waals surface area (Å²) in [7, 11) is 0. The second-order valence-corrected chi connectivity index (χ2v) is 6.86. The molecule has 1 N–H and O–H groups in total. The number of aliphatic imine (C=N–C) groups is 1. The van der Waals surface area contributed by atoms with Crippen LogP contribution in [0.5, 0.6) is 0 Å². The fourth-order valence-corrected chi connectivity index (χ4v) is 3.38. The Morgan fingerprint density at radius 1 is 1.35 bits per heavy atom. The van der Waals surface area contributed by atoms with E-state index in [0.29, 0.717) is 0 Å². The van der Waals surface area contributed by atoms with Crippen molar-refractivity contribution in [3.05, 3.63) is 35.9 Å². The summed E-state index contributed by atoms with van der Waals surface area (Å²) >= 11 is 1.90. The Balaban J connectivity index is 0.00000264. The van der Waals surface area contributed by atoms with E-state index >= 15 is 0 Å². The molecule has 3 nitrogen and oxygen atoms in total. The maximum atomic E-state index is 4.79. The molecule has 0 spiro atoms. The van der Waals surface area contributed by atoms with Gasteiger partial charge in [0.15, 0.2) is 5.96 Å². The van der Waals surface area contributed by atoms with Crippen molar-refractivity contribution in [1.82, 2.24) is 10.2 Å². The zero-order valence-corrected chi connectivity index (χ0v) is 17.5. The lowest BCUT2D eigenvalue weighted by Crippen LogP contribution is -2.40. The lowest BCUT2D eigenvalue weighted by atomic mass is 9.99. The van der Waals surface area contributed by atoms with Gasteiger partial charge in [-0.1, -0.05) is 30.3 Å².